The molecule has 0 saturated carbocycles. The summed E-state index contributed by atoms with van der Waals surface area (Å²) in [6.07, 6.45) is 6.56. The molecule has 0 fully saturated rings. The van der Waals surface area contributed by atoms with E-state index in [0.717, 1.165) is 36.0 Å². The Balaban J connectivity index is 1.57. The molecule has 0 spiro atoms. The van der Waals surface area contributed by atoms with Crippen molar-refractivity contribution in [2.75, 3.05) is 6.61 Å². The van der Waals surface area contributed by atoms with E-state index in [0.29, 0.717) is 17.0 Å². The second kappa shape index (κ2) is 9.47. The summed E-state index contributed by atoms with van der Waals surface area (Å²) in [5, 5.41) is 0. The molecule has 0 N–H and O–H groups in total. The molecule has 0 radical (unpaired) electrons. The van der Waals surface area contributed by atoms with E-state index in [1.165, 1.54) is 24.3 Å². The van der Waals surface area contributed by atoms with Crippen molar-refractivity contribution in [2.24, 2.45) is 5.92 Å². The molecule has 32 heavy (non-hydrogen) atoms. The van der Waals surface area contributed by atoms with Gasteiger partial charge in [-0.15, -0.1) is 0 Å². The van der Waals surface area contributed by atoms with Gasteiger partial charge in [0, 0.05) is 11.1 Å². The predicted molar refractivity (Wildman–Crippen MR) is 124 cm³/mol. The van der Waals surface area contributed by atoms with Crippen molar-refractivity contribution < 1.29 is 17.9 Å². The van der Waals surface area contributed by atoms with Crippen LogP contribution in [0, 0.1) is 23.4 Å². The maximum Gasteiger partial charge on any atom is 0.201 e. The third kappa shape index (κ3) is 4.50. The highest BCUT2D eigenvalue weighted by atomic mass is 19.2. The normalized spacial score (nSPS) is 15.9. The van der Waals surface area contributed by atoms with Gasteiger partial charge in [-0.2, -0.15) is 4.39 Å². The van der Waals surface area contributed by atoms with Crippen molar-refractivity contribution in [1.82, 2.24) is 0 Å². The number of rotatable bonds is 6. The molecule has 1 aliphatic rings. The minimum Gasteiger partial charge on any atom is -0.486 e. The van der Waals surface area contributed by atoms with Crippen LogP contribution in [0.5, 0.6) is 5.75 Å². The van der Waals surface area contributed by atoms with Crippen LogP contribution in [0.1, 0.15) is 31.7 Å². The molecule has 3 aromatic rings. The van der Waals surface area contributed by atoms with Crippen LogP contribution in [-0.2, 0) is 0 Å². The molecule has 1 unspecified atom stereocenters. The van der Waals surface area contributed by atoms with Crippen molar-refractivity contribution in [3.05, 3.63) is 96.3 Å². The smallest absolute Gasteiger partial charge is 0.201 e. The van der Waals surface area contributed by atoms with E-state index in [-0.39, 0.29) is 23.7 Å². The summed E-state index contributed by atoms with van der Waals surface area (Å²) >= 11 is 0. The van der Waals surface area contributed by atoms with Gasteiger partial charge in [0.05, 0.1) is 0 Å². The molecule has 0 aromatic heterocycles. The Kier molecular flexibility index (Phi) is 6.50. The zero-order valence-corrected chi connectivity index (χ0v) is 18.0. The van der Waals surface area contributed by atoms with E-state index in [1.807, 2.05) is 12.1 Å². The molecule has 0 saturated heterocycles. The fraction of sp³-hybridized carbons (Fsp3) is 0.214. The van der Waals surface area contributed by atoms with Crippen molar-refractivity contribution >= 4 is 5.57 Å². The molecule has 3 aromatic carbocycles. The molecule has 1 nitrogen and oxygen atoms in total. The first kappa shape index (κ1) is 21.9. The zero-order chi connectivity index (χ0) is 22.7. The molecule has 0 aliphatic heterocycles. The number of hydrogen-bond acceptors (Lipinski definition) is 1. The summed E-state index contributed by atoms with van der Waals surface area (Å²) in [7, 11) is 0. The fourth-order valence-electron chi connectivity index (χ4n) is 4.02. The summed E-state index contributed by atoms with van der Waals surface area (Å²) in [5.74, 6) is -1.74. The van der Waals surface area contributed by atoms with Gasteiger partial charge in [-0.05, 0) is 65.6 Å². The Hall–Kier alpha value is -3.27. The van der Waals surface area contributed by atoms with Crippen molar-refractivity contribution in [3.8, 4) is 28.0 Å². The van der Waals surface area contributed by atoms with Gasteiger partial charge in [-0.1, -0.05) is 62.1 Å². The summed E-state index contributed by atoms with van der Waals surface area (Å²) < 4.78 is 48.8. The molecule has 0 amide bonds. The summed E-state index contributed by atoms with van der Waals surface area (Å²) in [4.78, 5) is 0. The largest absolute Gasteiger partial charge is 0.486 e. The predicted octanol–water partition coefficient (Wildman–Crippen LogP) is 8.21. The Bertz CT molecular complexity index is 1160. The molecule has 0 heterocycles. The van der Waals surface area contributed by atoms with Crippen LogP contribution < -0.4 is 4.74 Å². The van der Waals surface area contributed by atoms with Crippen LogP contribution in [-0.4, -0.2) is 6.61 Å². The van der Waals surface area contributed by atoms with Gasteiger partial charge in [0.2, 0.25) is 5.82 Å². The van der Waals surface area contributed by atoms with Gasteiger partial charge in [0.1, 0.15) is 12.4 Å². The minimum absolute atomic E-state index is 0.0934. The standard InChI is InChI=1S/C28H25F3O/c1-3-16-32-26-15-14-24(27(30)28(26)31)21-10-8-19(9-11-21)22-12-13-23(25(29)17-22)20-6-4-18(2)5-7-20/h3,6,8-15,17-18H,1,4-5,7,16H2,2H3. The van der Waals surface area contributed by atoms with Gasteiger partial charge >= 0.3 is 0 Å². The van der Waals surface area contributed by atoms with Crippen molar-refractivity contribution in [2.45, 2.75) is 26.2 Å². The second-order valence-corrected chi connectivity index (χ2v) is 8.22. The quantitative estimate of drug-likeness (QED) is 0.355. The molecular formula is C28H25F3O. The topological polar surface area (TPSA) is 9.23 Å². The number of ether oxygens (including phenoxy) is 1. The first-order chi connectivity index (χ1) is 15.5. The molecule has 1 atom stereocenters. The molecule has 4 rings (SSSR count). The lowest BCUT2D eigenvalue weighted by molar-refractivity contribution is 0.333. The van der Waals surface area contributed by atoms with Crippen LogP contribution in [0.15, 0.2) is 73.3 Å². The van der Waals surface area contributed by atoms with Crippen LogP contribution in [0.3, 0.4) is 0 Å². The van der Waals surface area contributed by atoms with Gasteiger partial charge < -0.3 is 4.74 Å². The average molecular weight is 435 g/mol. The van der Waals surface area contributed by atoms with E-state index >= 15 is 0 Å². The Morgan fingerprint density at radius 1 is 0.906 bits per heavy atom. The average Bonchev–Trinajstić information content (AvgIpc) is 2.81. The van der Waals surface area contributed by atoms with Gasteiger partial charge in [-0.25, -0.2) is 8.78 Å². The highest BCUT2D eigenvalue weighted by Gasteiger charge is 2.17. The molecular weight excluding hydrogens is 409 g/mol. The van der Waals surface area contributed by atoms with Crippen LogP contribution in [0.25, 0.3) is 27.8 Å². The molecule has 0 bridgehead atoms. The van der Waals surface area contributed by atoms with Gasteiger partial charge in [0.15, 0.2) is 11.6 Å². The van der Waals surface area contributed by atoms with Crippen LogP contribution in [0.2, 0.25) is 0 Å². The lowest BCUT2D eigenvalue weighted by Crippen LogP contribution is -2.02. The summed E-state index contributed by atoms with van der Waals surface area (Å²) in [6, 6.07) is 15.1. The summed E-state index contributed by atoms with van der Waals surface area (Å²) in [6.45, 7) is 5.80. The monoisotopic (exact) mass is 434 g/mol. The Morgan fingerprint density at radius 3 is 2.25 bits per heavy atom. The summed E-state index contributed by atoms with van der Waals surface area (Å²) in [5.41, 5.74) is 3.94. The molecule has 4 heteroatoms. The third-order valence-electron chi connectivity index (χ3n) is 5.92. The van der Waals surface area contributed by atoms with E-state index in [1.54, 1.807) is 24.3 Å². The van der Waals surface area contributed by atoms with E-state index in [2.05, 4.69) is 19.6 Å². The first-order valence-electron chi connectivity index (χ1n) is 10.8. The van der Waals surface area contributed by atoms with Gasteiger partial charge in [-0.3, -0.25) is 0 Å². The van der Waals surface area contributed by atoms with Crippen molar-refractivity contribution in [1.29, 1.82) is 0 Å². The molecule has 1 aliphatic carbocycles. The van der Waals surface area contributed by atoms with Crippen LogP contribution in [0.4, 0.5) is 13.2 Å². The maximum absolute atomic E-state index is 14.8. The maximum atomic E-state index is 14.8. The number of allylic oxidation sites excluding steroid dienone is 2. The van der Waals surface area contributed by atoms with Crippen molar-refractivity contribution in [3.63, 3.8) is 0 Å². The minimum atomic E-state index is -1.03. The Labute approximate surface area is 186 Å². The van der Waals surface area contributed by atoms with E-state index in [9.17, 15) is 13.2 Å². The number of benzene rings is 3. The van der Waals surface area contributed by atoms with Gasteiger partial charge in [0.25, 0.3) is 0 Å². The van der Waals surface area contributed by atoms with Crippen LogP contribution >= 0.6 is 0 Å². The SMILES string of the molecule is C=CCOc1ccc(-c2ccc(-c3ccc(C4=CCC(C)CC4)c(F)c3)cc2)c(F)c1F. The fourth-order valence-corrected chi connectivity index (χ4v) is 4.02. The first-order valence-corrected chi connectivity index (χ1v) is 10.8. The lowest BCUT2D eigenvalue weighted by atomic mass is 9.87. The third-order valence-corrected chi connectivity index (χ3v) is 5.92. The van der Waals surface area contributed by atoms with E-state index in [4.69, 9.17) is 4.74 Å². The zero-order valence-electron chi connectivity index (χ0n) is 18.0. The highest BCUT2D eigenvalue weighted by molar-refractivity contribution is 5.74. The number of halogens is 3. The number of hydrogen-bond donors (Lipinski definition) is 0. The lowest BCUT2D eigenvalue weighted by Gasteiger charge is -2.19. The Morgan fingerprint density at radius 2 is 1.59 bits per heavy atom. The molecule has 164 valence electrons. The second-order valence-electron chi connectivity index (χ2n) is 8.22. The highest BCUT2D eigenvalue weighted by Crippen LogP contribution is 2.34. The van der Waals surface area contributed by atoms with E-state index < -0.39 is 11.6 Å².